The normalized spacial score (nSPS) is 12.3. The topological polar surface area (TPSA) is 59.1 Å². The van der Waals surface area contributed by atoms with E-state index in [1.165, 1.54) is 14.2 Å². The predicted octanol–water partition coefficient (Wildman–Crippen LogP) is 1.00. The second kappa shape index (κ2) is 11.5. The fraction of sp³-hybridized carbons (Fsp3) is 0.867. The smallest absolute Gasteiger partial charge is 0.310 e. The van der Waals surface area contributed by atoms with Crippen LogP contribution in [0.1, 0.15) is 27.2 Å². The molecule has 1 amide bonds. The van der Waals surface area contributed by atoms with Gasteiger partial charge in [0.25, 0.3) is 0 Å². The third-order valence-electron chi connectivity index (χ3n) is 3.52. The quantitative estimate of drug-likeness (QED) is 0.533. The molecule has 6 heteroatoms. The van der Waals surface area contributed by atoms with E-state index in [4.69, 9.17) is 9.47 Å². The first-order valence-corrected chi connectivity index (χ1v) is 7.56. The van der Waals surface area contributed by atoms with Gasteiger partial charge in [-0.3, -0.25) is 9.59 Å². The van der Waals surface area contributed by atoms with Gasteiger partial charge >= 0.3 is 5.97 Å². The lowest BCUT2D eigenvalue weighted by Crippen LogP contribution is -2.40. The van der Waals surface area contributed by atoms with Crippen LogP contribution in [0.2, 0.25) is 0 Å². The summed E-state index contributed by atoms with van der Waals surface area (Å²) in [6.07, 6.45) is 0.880. The number of ether oxygens (including phenoxy) is 2. The van der Waals surface area contributed by atoms with Crippen molar-refractivity contribution >= 4 is 11.9 Å². The van der Waals surface area contributed by atoms with Crippen LogP contribution in [0.4, 0.5) is 0 Å². The monoisotopic (exact) mass is 302 g/mol. The van der Waals surface area contributed by atoms with Crippen LogP contribution in [0.15, 0.2) is 0 Å². The van der Waals surface area contributed by atoms with Gasteiger partial charge in [0.2, 0.25) is 5.91 Å². The summed E-state index contributed by atoms with van der Waals surface area (Å²) in [5.74, 6) is -0.717. The van der Waals surface area contributed by atoms with E-state index in [0.29, 0.717) is 13.1 Å². The molecule has 0 aromatic carbocycles. The molecule has 0 spiro atoms. The minimum atomic E-state index is -0.329. The Hall–Kier alpha value is -1.14. The molecule has 0 heterocycles. The van der Waals surface area contributed by atoms with Gasteiger partial charge in [0.1, 0.15) is 6.61 Å². The Morgan fingerprint density at radius 1 is 1.10 bits per heavy atom. The van der Waals surface area contributed by atoms with Crippen LogP contribution in [-0.4, -0.2) is 75.2 Å². The Morgan fingerprint density at radius 3 is 2.19 bits per heavy atom. The van der Waals surface area contributed by atoms with Crippen LogP contribution in [0.5, 0.6) is 0 Å². The highest BCUT2D eigenvalue weighted by atomic mass is 16.5. The van der Waals surface area contributed by atoms with Gasteiger partial charge in [0.05, 0.1) is 13.0 Å². The van der Waals surface area contributed by atoms with Gasteiger partial charge in [0, 0.05) is 20.2 Å². The zero-order valence-electron chi connectivity index (χ0n) is 14.1. The van der Waals surface area contributed by atoms with Gasteiger partial charge in [-0.1, -0.05) is 20.8 Å². The van der Waals surface area contributed by atoms with Crippen molar-refractivity contribution in [3.05, 3.63) is 0 Å². The first kappa shape index (κ1) is 19.9. The Labute approximate surface area is 128 Å². The average Bonchev–Trinajstić information content (AvgIpc) is 2.49. The van der Waals surface area contributed by atoms with Gasteiger partial charge in [-0.25, -0.2) is 0 Å². The van der Waals surface area contributed by atoms with Crippen LogP contribution in [-0.2, 0) is 19.1 Å². The third kappa shape index (κ3) is 8.02. The zero-order valence-corrected chi connectivity index (χ0v) is 14.1. The fourth-order valence-corrected chi connectivity index (χ4v) is 2.16. The van der Waals surface area contributed by atoms with Gasteiger partial charge in [-0.2, -0.15) is 0 Å². The second-order valence-electron chi connectivity index (χ2n) is 5.08. The molecular weight excluding hydrogens is 272 g/mol. The average molecular weight is 302 g/mol. The minimum absolute atomic E-state index is 0.0408. The van der Waals surface area contributed by atoms with Crippen molar-refractivity contribution in [3.63, 3.8) is 0 Å². The molecule has 0 radical (unpaired) electrons. The summed E-state index contributed by atoms with van der Waals surface area (Å²) in [6, 6.07) is 0. The van der Waals surface area contributed by atoms with Gasteiger partial charge in [0.15, 0.2) is 0 Å². The molecule has 0 fully saturated rings. The van der Waals surface area contributed by atoms with Gasteiger partial charge in [-0.15, -0.1) is 0 Å². The van der Waals surface area contributed by atoms with E-state index >= 15 is 0 Å². The molecule has 6 nitrogen and oxygen atoms in total. The number of amides is 1. The number of hydrogen-bond donors (Lipinski definition) is 0. The van der Waals surface area contributed by atoms with Gasteiger partial charge < -0.3 is 19.3 Å². The van der Waals surface area contributed by atoms with Crippen molar-refractivity contribution in [1.82, 2.24) is 9.80 Å². The maximum absolute atomic E-state index is 12.0. The first-order chi connectivity index (χ1) is 9.99. The highest BCUT2D eigenvalue weighted by Crippen LogP contribution is 2.05. The molecule has 0 N–H and O–H groups in total. The molecule has 0 saturated heterocycles. The molecule has 0 rings (SSSR count). The number of carbonyl (C=O) groups excluding carboxylic acids is 2. The number of rotatable bonds is 11. The standard InChI is InChI=1S/C15H30N2O4/c1-6-16(7-2)9-8-10-17(14(18)12-20-4)11-13(3)15(19)21-5/h13H,6-12H2,1-5H3. The molecule has 124 valence electrons. The van der Waals surface area contributed by atoms with E-state index < -0.39 is 0 Å². The molecular formula is C15H30N2O4. The summed E-state index contributed by atoms with van der Waals surface area (Å²) < 4.78 is 9.62. The largest absolute Gasteiger partial charge is 0.469 e. The highest BCUT2D eigenvalue weighted by molar-refractivity contribution is 5.78. The van der Waals surface area contributed by atoms with Crippen LogP contribution in [0.3, 0.4) is 0 Å². The lowest BCUT2D eigenvalue weighted by Gasteiger charge is -2.26. The molecule has 0 saturated carbocycles. The number of methoxy groups -OCH3 is 2. The molecule has 0 aliphatic rings. The summed E-state index contributed by atoms with van der Waals surface area (Å²) in [5, 5.41) is 0. The molecule has 1 atom stereocenters. The van der Waals surface area contributed by atoms with Crippen molar-refractivity contribution in [1.29, 1.82) is 0 Å². The maximum Gasteiger partial charge on any atom is 0.310 e. The van der Waals surface area contributed by atoms with Crippen LogP contribution in [0, 0.1) is 5.92 Å². The predicted molar refractivity (Wildman–Crippen MR) is 82.0 cm³/mol. The summed E-state index contributed by atoms with van der Waals surface area (Å²) in [4.78, 5) is 27.5. The molecule has 0 aliphatic heterocycles. The SMILES string of the molecule is CCN(CC)CCCN(CC(C)C(=O)OC)C(=O)COC. The van der Waals surface area contributed by atoms with Crippen molar-refractivity contribution < 1.29 is 19.1 Å². The van der Waals surface area contributed by atoms with E-state index in [1.54, 1.807) is 11.8 Å². The molecule has 1 unspecified atom stereocenters. The number of nitrogens with zero attached hydrogens (tertiary/aromatic N) is 2. The molecule has 0 aliphatic carbocycles. The van der Waals surface area contributed by atoms with Crippen molar-refractivity contribution in [3.8, 4) is 0 Å². The number of hydrogen-bond acceptors (Lipinski definition) is 5. The Morgan fingerprint density at radius 2 is 1.71 bits per heavy atom. The summed E-state index contributed by atoms with van der Waals surface area (Å²) in [5.41, 5.74) is 0. The van der Waals surface area contributed by atoms with E-state index in [1.807, 2.05) is 0 Å². The lowest BCUT2D eigenvalue weighted by atomic mass is 10.1. The third-order valence-corrected chi connectivity index (χ3v) is 3.52. The maximum atomic E-state index is 12.0. The molecule has 21 heavy (non-hydrogen) atoms. The molecule has 0 aromatic heterocycles. The van der Waals surface area contributed by atoms with E-state index in [-0.39, 0.29) is 24.4 Å². The van der Waals surface area contributed by atoms with Crippen molar-refractivity contribution in [2.75, 3.05) is 53.6 Å². The van der Waals surface area contributed by atoms with E-state index in [9.17, 15) is 9.59 Å². The Kier molecular flexibility index (Phi) is 10.9. The van der Waals surface area contributed by atoms with E-state index in [0.717, 1.165) is 26.1 Å². The molecule has 0 aromatic rings. The van der Waals surface area contributed by atoms with Gasteiger partial charge in [-0.05, 0) is 26.1 Å². The summed E-state index contributed by atoms with van der Waals surface area (Å²) >= 11 is 0. The van der Waals surface area contributed by atoms with E-state index in [2.05, 4.69) is 18.7 Å². The summed E-state index contributed by atoms with van der Waals surface area (Å²) in [7, 11) is 2.86. The minimum Gasteiger partial charge on any atom is -0.469 e. The zero-order chi connectivity index (χ0) is 16.3. The second-order valence-corrected chi connectivity index (χ2v) is 5.08. The lowest BCUT2D eigenvalue weighted by molar-refractivity contribution is -0.147. The molecule has 0 bridgehead atoms. The van der Waals surface area contributed by atoms with Crippen molar-refractivity contribution in [2.45, 2.75) is 27.2 Å². The van der Waals surface area contributed by atoms with Crippen molar-refractivity contribution in [2.24, 2.45) is 5.92 Å². The fourth-order valence-electron chi connectivity index (χ4n) is 2.16. The summed E-state index contributed by atoms with van der Waals surface area (Å²) in [6.45, 7) is 9.99. The van der Waals surface area contributed by atoms with Crippen LogP contribution < -0.4 is 0 Å². The Bertz CT molecular complexity index is 306. The number of carbonyl (C=O) groups is 2. The first-order valence-electron chi connectivity index (χ1n) is 7.56. The Balaban J connectivity index is 4.46. The van der Waals surface area contributed by atoms with Crippen LogP contribution in [0.25, 0.3) is 0 Å². The number of esters is 1. The van der Waals surface area contributed by atoms with Crippen LogP contribution >= 0.6 is 0 Å². The highest BCUT2D eigenvalue weighted by Gasteiger charge is 2.21.